The van der Waals surface area contributed by atoms with Crippen molar-refractivity contribution in [3.8, 4) is 11.5 Å². The Morgan fingerprint density at radius 3 is 2.33 bits per heavy atom. The van der Waals surface area contributed by atoms with E-state index in [4.69, 9.17) is 4.74 Å². The molecule has 100 valence electrons. The summed E-state index contributed by atoms with van der Waals surface area (Å²) in [7, 11) is 0. The SMILES string of the molecule is FC(F)(F)Oc1ccc(OC2CCCNC2)cc1. The summed E-state index contributed by atoms with van der Waals surface area (Å²) < 4.78 is 45.3. The molecule has 0 aromatic heterocycles. The molecule has 1 aromatic carbocycles. The number of ether oxygens (including phenoxy) is 2. The van der Waals surface area contributed by atoms with E-state index in [1.54, 1.807) is 0 Å². The minimum atomic E-state index is -4.66. The summed E-state index contributed by atoms with van der Waals surface area (Å²) in [6.07, 6.45) is -2.59. The van der Waals surface area contributed by atoms with E-state index in [0.29, 0.717) is 5.75 Å². The van der Waals surface area contributed by atoms with Crippen molar-refractivity contribution in [2.24, 2.45) is 0 Å². The smallest absolute Gasteiger partial charge is 0.489 e. The van der Waals surface area contributed by atoms with Gasteiger partial charge in [-0.25, -0.2) is 0 Å². The second-order valence-corrected chi connectivity index (χ2v) is 4.11. The van der Waals surface area contributed by atoms with E-state index in [9.17, 15) is 13.2 Å². The predicted molar refractivity (Wildman–Crippen MR) is 59.6 cm³/mol. The summed E-state index contributed by atoms with van der Waals surface area (Å²) >= 11 is 0. The first kappa shape index (κ1) is 13.0. The number of hydrogen-bond donors (Lipinski definition) is 1. The van der Waals surface area contributed by atoms with E-state index in [0.717, 1.165) is 25.9 Å². The highest BCUT2D eigenvalue weighted by Gasteiger charge is 2.31. The number of hydrogen-bond acceptors (Lipinski definition) is 3. The van der Waals surface area contributed by atoms with Crippen molar-refractivity contribution in [2.75, 3.05) is 13.1 Å². The van der Waals surface area contributed by atoms with Crippen molar-refractivity contribution in [1.82, 2.24) is 5.32 Å². The van der Waals surface area contributed by atoms with Gasteiger partial charge in [0.25, 0.3) is 0 Å². The van der Waals surface area contributed by atoms with Gasteiger partial charge in [-0.15, -0.1) is 13.2 Å². The molecule has 1 aromatic rings. The third kappa shape index (κ3) is 4.10. The Hall–Kier alpha value is -1.43. The number of piperidine rings is 1. The molecule has 0 radical (unpaired) electrons. The van der Waals surface area contributed by atoms with Gasteiger partial charge < -0.3 is 14.8 Å². The Bertz CT molecular complexity index is 372. The Morgan fingerprint density at radius 2 is 1.78 bits per heavy atom. The van der Waals surface area contributed by atoms with Gasteiger partial charge in [-0.1, -0.05) is 0 Å². The van der Waals surface area contributed by atoms with E-state index in [2.05, 4.69) is 10.1 Å². The molecule has 0 amide bonds. The van der Waals surface area contributed by atoms with Crippen molar-refractivity contribution in [2.45, 2.75) is 25.3 Å². The molecule has 0 bridgehead atoms. The fourth-order valence-corrected chi connectivity index (χ4v) is 1.83. The number of alkyl halides is 3. The Kier molecular flexibility index (Phi) is 3.96. The van der Waals surface area contributed by atoms with Crippen LogP contribution in [0, 0.1) is 0 Å². The van der Waals surface area contributed by atoms with Crippen LogP contribution in [0.1, 0.15) is 12.8 Å². The van der Waals surface area contributed by atoms with Crippen molar-refractivity contribution in [1.29, 1.82) is 0 Å². The number of nitrogens with one attached hydrogen (secondary N) is 1. The van der Waals surface area contributed by atoms with Gasteiger partial charge in [-0.3, -0.25) is 0 Å². The molecule has 1 N–H and O–H groups in total. The maximum absolute atomic E-state index is 12.0. The lowest BCUT2D eigenvalue weighted by Crippen LogP contribution is -2.37. The second kappa shape index (κ2) is 5.48. The van der Waals surface area contributed by atoms with Gasteiger partial charge >= 0.3 is 6.36 Å². The molecule has 0 saturated carbocycles. The fraction of sp³-hybridized carbons (Fsp3) is 0.500. The molecule has 2 rings (SSSR count). The minimum absolute atomic E-state index is 0.0770. The summed E-state index contributed by atoms with van der Waals surface area (Å²) in [5.74, 6) is 0.315. The number of rotatable bonds is 3. The highest BCUT2D eigenvalue weighted by molar-refractivity contribution is 5.31. The molecule has 1 aliphatic heterocycles. The lowest BCUT2D eigenvalue weighted by atomic mass is 10.1. The van der Waals surface area contributed by atoms with E-state index >= 15 is 0 Å². The quantitative estimate of drug-likeness (QED) is 0.907. The van der Waals surface area contributed by atoms with Crippen molar-refractivity contribution < 1.29 is 22.6 Å². The molecule has 1 aliphatic rings. The molecule has 1 heterocycles. The zero-order valence-electron chi connectivity index (χ0n) is 9.67. The minimum Gasteiger partial charge on any atom is -0.489 e. The van der Waals surface area contributed by atoms with Crippen LogP contribution in [-0.2, 0) is 0 Å². The van der Waals surface area contributed by atoms with Crippen molar-refractivity contribution >= 4 is 0 Å². The molecule has 0 aliphatic carbocycles. The lowest BCUT2D eigenvalue weighted by Gasteiger charge is -2.24. The van der Waals surface area contributed by atoms with E-state index in [1.807, 2.05) is 0 Å². The highest BCUT2D eigenvalue weighted by Crippen LogP contribution is 2.25. The van der Waals surface area contributed by atoms with Gasteiger partial charge in [-0.05, 0) is 43.7 Å². The molecule has 6 heteroatoms. The molecule has 1 fully saturated rings. The molecule has 1 saturated heterocycles. The van der Waals surface area contributed by atoms with E-state index < -0.39 is 6.36 Å². The van der Waals surface area contributed by atoms with Crippen molar-refractivity contribution in [3.05, 3.63) is 24.3 Å². The Morgan fingerprint density at radius 1 is 1.11 bits per heavy atom. The Labute approximate surface area is 103 Å². The molecular formula is C12H14F3NO2. The topological polar surface area (TPSA) is 30.5 Å². The molecular weight excluding hydrogens is 247 g/mol. The maximum atomic E-state index is 12.0. The molecule has 0 spiro atoms. The zero-order chi connectivity index (χ0) is 13.0. The fourth-order valence-electron chi connectivity index (χ4n) is 1.83. The average molecular weight is 261 g/mol. The van der Waals surface area contributed by atoms with E-state index in [1.165, 1.54) is 24.3 Å². The van der Waals surface area contributed by atoms with E-state index in [-0.39, 0.29) is 11.9 Å². The largest absolute Gasteiger partial charge is 0.573 e. The molecule has 1 atom stereocenters. The monoisotopic (exact) mass is 261 g/mol. The van der Waals surface area contributed by atoms with Crippen LogP contribution in [0.3, 0.4) is 0 Å². The van der Waals surface area contributed by atoms with Gasteiger partial charge in [0.2, 0.25) is 0 Å². The third-order valence-electron chi connectivity index (χ3n) is 2.61. The second-order valence-electron chi connectivity index (χ2n) is 4.11. The first-order chi connectivity index (χ1) is 8.53. The highest BCUT2D eigenvalue weighted by atomic mass is 19.4. The first-order valence-electron chi connectivity index (χ1n) is 5.76. The number of halogens is 3. The van der Waals surface area contributed by atoms with Crippen LogP contribution in [0.15, 0.2) is 24.3 Å². The summed E-state index contributed by atoms with van der Waals surface area (Å²) in [5, 5.41) is 3.20. The van der Waals surface area contributed by atoms with Crippen LogP contribution < -0.4 is 14.8 Å². The first-order valence-corrected chi connectivity index (χ1v) is 5.76. The average Bonchev–Trinajstić information content (AvgIpc) is 2.31. The van der Waals surface area contributed by atoms with Gasteiger partial charge in [0.15, 0.2) is 0 Å². The van der Waals surface area contributed by atoms with Crippen LogP contribution >= 0.6 is 0 Å². The van der Waals surface area contributed by atoms with Gasteiger partial charge in [-0.2, -0.15) is 0 Å². The summed E-state index contributed by atoms with van der Waals surface area (Å²) in [4.78, 5) is 0. The summed E-state index contributed by atoms with van der Waals surface area (Å²) in [6.45, 7) is 1.75. The van der Waals surface area contributed by atoms with Crippen LogP contribution in [0.2, 0.25) is 0 Å². The van der Waals surface area contributed by atoms with Gasteiger partial charge in [0.05, 0.1) is 0 Å². The molecule has 18 heavy (non-hydrogen) atoms. The van der Waals surface area contributed by atoms with Gasteiger partial charge in [0, 0.05) is 6.54 Å². The lowest BCUT2D eigenvalue weighted by molar-refractivity contribution is -0.274. The third-order valence-corrected chi connectivity index (χ3v) is 2.61. The molecule has 3 nitrogen and oxygen atoms in total. The number of benzene rings is 1. The summed E-state index contributed by atoms with van der Waals surface area (Å²) in [6, 6.07) is 5.46. The summed E-state index contributed by atoms with van der Waals surface area (Å²) in [5.41, 5.74) is 0. The zero-order valence-corrected chi connectivity index (χ0v) is 9.67. The Balaban J connectivity index is 1.90. The van der Waals surface area contributed by atoms with Gasteiger partial charge in [0.1, 0.15) is 17.6 Å². The van der Waals surface area contributed by atoms with Crippen LogP contribution in [0.25, 0.3) is 0 Å². The van der Waals surface area contributed by atoms with Crippen LogP contribution in [0.5, 0.6) is 11.5 Å². The van der Waals surface area contributed by atoms with Crippen LogP contribution in [0.4, 0.5) is 13.2 Å². The normalized spacial score (nSPS) is 20.5. The molecule has 1 unspecified atom stereocenters. The predicted octanol–water partition coefficient (Wildman–Crippen LogP) is 2.72. The van der Waals surface area contributed by atoms with Crippen molar-refractivity contribution in [3.63, 3.8) is 0 Å². The standard InChI is InChI=1S/C12H14F3NO2/c13-12(14,15)18-10-5-3-9(4-6-10)17-11-2-1-7-16-8-11/h3-6,11,16H,1-2,7-8H2. The van der Waals surface area contributed by atoms with Crippen LogP contribution in [-0.4, -0.2) is 25.6 Å². The maximum Gasteiger partial charge on any atom is 0.573 e.